The van der Waals surface area contributed by atoms with E-state index in [4.69, 9.17) is 4.74 Å². The molecule has 0 saturated carbocycles. The summed E-state index contributed by atoms with van der Waals surface area (Å²) in [5.41, 5.74) is 2.23. The van der Waals surface area contributed by atoms with Crippen LogP contribution < -0.4 is 10.1 Å². The lowest BCUT2D eigenvalue weighted by Gasteiger charge is -2.10. The molecular formula is C13H15N3O2. The van der Waals surface area contributed by atoms with Crippen LogP contribution in [0.25, 0.3) is 0 Å². The van der Waals surface area contributed by atoms with Crippen molar-refractivity contribution in [1.29, 1.82) is 0 Å². The topological polar surface area (TPSA) is 67.3 Å². The van der Waals surface area contributed by atoms with Crippen molar-refractivity contribution >= 4 is 5.69 Å². The number of nitrogens with one attached hydrogen (secondary N) is 1. The number of nitrogens with zero attached hydrogens (tertiary/aromatic N) is 2. The van der Waals surface area contributed by atoms with Crippen molar-refractivity contribution in [2.24, 2.45) is 0 Å². The first-order valence-electron chi connectivity index (χ1n) is 5.59. The van der Waals surface area contributed by atoms with Crippen LogP contribution in [0.1, 0.15) is 11.4 Å². The molecule has 0 amide bonds. The molecule has 94 valence electrons. The Labute approximate surface area is 105 Å². The highest BCUT2D eigenvalue weighted by Gasteiger charge is 2.06. The molecule has 0 unspecified atom stereocenters. The second-order valence-electron chi connectivity index (χ2n) is 3.83. The Morgan fingerprint density at radius 1 is 1.33 bits per heavy atom. The second-order valence-corrected chi connectivity index (χ2v) is 3.83. The zero-order valence-electron chi connectivity index (χ0n) is 10.3. The second kappa shape index (κ2) is 5.35. The summed E-state index contributed by atoms with van der Waals surface area (Å²) < 4.78 is 5.13. The molecule has 0 aliphatic carbocycles. The van der Waals surface area contributed by atoms with Crippen molar-refractivity contribution in [3.05, 3.63) is 41.9 Å². The summed E-state index contributed by atoms with van der Waals surface area (Å²) in [7, 11) is 1.57. The monoisotopic (exact) mass is 245 g/mol. The molecule has 2 aromatic rings. The SMILES string of the molecule is COc1ncccc1NCc1nc(C)ccc1O. The molecule has 2 heterocycles. The number of hydrogen-bond donors (Lipinski definition) is 2. The molecule has 2 N–H and O–H groups in total. The predicted molar refractivity (Wildman–Crippen MR) is 68.8 cm³/mol. The van der Waals surface area contributed by atoms with Crippen LogP contribution in [-0.2, 0) is 6.54 Å². The maximum absolute atomic E-state index is 9.69. The van der Waals surface area contributed by atoms with Gasteiger partial charge in [-0.1, -0.05) is 0 Å². The smallest absolute Gasteiger partial charge is 0.237 e. The average Bonchev–Trinajstić information content (AvgIpc) is 2.40. The van der Waals surface area contributed by atoms with Crippen molar-refractivity contribution < 1.29 is 9.84 Å². The molecule has 0 fully saturated rings. The average molecular weight is 245 g/mol. The number of aromatic hydroxyl groups is 1. The molecule has 0 aromatic carbocycles. The molecule has 0 bridgehead atoms. The largest absolute Gasteiger partial charge is 0.506 e. The fourth-order valence-electron chi connectivity index (χ4n) is 1.60. The van der Waals surface area contributed by atoms with E-state index < -0.39 is 0 Å². The maximum Gasteiger partial charge on any atom is 0.237 e. The summed E-state index contributed by atoms with van der Waals surface area (Å²) in [6, 6.07) is 7.08. The number of hydrogen-bond acceptors (Lipinski definition) is 5. The molecule has 18 heavy (non-hydrogen) atoms. The van der Waals surface area contributed by atoms with Crippen molar-refractivity contribution in [2.75, 3.05) is 12.4 Å². The Bertz CT molecular complexity index is 544. The molecular weight excluding hydrogens is 230 g/mol. The van der Waals surface area contributed by atoms with E-state index in [1.54, 1.807) is 25.4 Å². The highest BCUT2D eigenvalue weighted by Crippen LogP contribution is 2.22. The van der Waals surface area contributed by atoms with Crippen LogP contribution in [0.15, 0.2) is 30.5 Å². The molecule has 0 saturated heterocycles. The van der Waals surface area contributed by atoms with Crippen molar-refractivity contribution in [3.63, 3.8) is 0 Å². The van der Waals surface area contributed by atoms with Gasteiger partial charge >= 0.3 is 0 Å². The van der Waals surface area contributed by atoms with Gasteiger partial charge in [0.2, 0.25) is 5.88 Å². The summed E-state index contributed by atoms with van der Waals surface area (Å²) in [6.07, 6.45) is 1.66. The van der Waals surface area contributed by atoms with Gasteiger partial charge in [0.25, 0.3) is 0 Å². The number of pyridine rings is 2. The van der Waals surface area contributed by atoms with Crippen molar-refractivity contribution in [2.45, 2.75) is 13.5 Å². The number of anilines is 1. The van der Waals surface area contributed by atoms with Crippen LogP contribution in [0.4, 0.5) is 5.69 Å². The van der Waals surface area contributed by atoms with Crippen LogP contribution >= 0.6 is 0 Å². The zero-order chi connectivity index (χ0) is 13.0. The minimum atomic E-state index is 0.177. The van der Waals surface area contributed by atoms with Gasteiger partial charge in [-0.3, -0.25) is 4.98 Å². The summed E-state index contributed by atoms with van der Waals surface area (Å²) in [6.45, 7) is 2.29. The van der Waals surface area contributed by atoms with Gasteiger partial charge in [0.1, 0.15) is 11.4 Å². The molecule has 0 radical (unpaired) electrons. The molecule has 2 rings (SSSR count). The summed E-state index contributed by atoms with van der Waals surface area (Å²) in [5.74, 6) is 0.695. The van der Waals surface area contributed by atoms with Crippen LogP contribution in [0, 0.1) is 6.92 Å². The van der Waals surface area contributed by atoms with Gasteiger partial charge in [-0.2, -0.15) is 0 Å². The number of ether oxygens (including phenoxy) is 1. The van der Waals surface area contributed by atoms with Gasteiger partial charge in [0, 0.05) is 11.9 Å². The van der Waals surface area contributed by atoms with Gasteiger partial charge in [-0.25, -0.2) is 4.98 Å². The number of aryl methyl sites for hydroxylation is 1. The molecule has 5 heteroatoms. The third-order valence-electron chi connectivity index (χ3n) is 2.50. The van der Waals surface area contributed by atoms with Gasteiger partial charge in [0.05, 0.1) is 19.3 Å². The van der Waals surface area contributed by atoms with Crippen LogP contribution in [0.5, 0.6) is 11.6 Å². The summed E-state index contributed by atoms with van der Waals surface area (Å²) >= 11 is 0. The van der Waals surface area contributed by atoms with Gasteiger partial charge in [0.15, 0.2) is 0 Å². The Morgan fingerprint density at radius 2 is 2.17 bits per heavy atom. The van der Waals surface area contributed by atoms with Gasteiger partial charge in [-0.05, 0) is 31.2 Å². The Balaban J connectivity index is 2.14. The van der Waals surface area contributed by atoms with Crippen LogP contribution in [0.2, 0.25) is 0 Å². The van der Waals surface area contributed by atoms with Crippen molar-refractivity contribution in [1.82, 2.24) is 9.97 Å². The predicted octanol–water partition coefficient (Wildman–Crippen LogP) is 2.11. The molecule has 0 spiro atoms. The highest BCUT2D eigenvalue weighted by molar-refractivity contribution is 5.52. The van der Waals surface area contributed by atoms with E-state index in [2.05, 4.69) is 15.3 Å². The van der Waals surface area contributed by atoms with E-state index in [1.165, 1.54) is 0 Å². The lowest BCUT2D eigenvalue weighted by Crippen LogP contribution is -2.04. The zero-order valence-corrected chi connectivity index (χ0v) is 10.3. The molecule has 0 aliphatic heterocycles. The first-order chi connectivity index (χ1) is 8.70. The number of aromatic nitrogens is 2. The Morgan fingerprint density at radius 3 is 2.94 bits per heavy atom. The first-order valence-corrected chi connectivity index (χ1v) is 5.59. The normalized spacial score (nSPS) is 10.1. The third kappa shape index (κ3) is 2.68. The minimum absolute atomic E-state index is 0.177. The fraction of sp³-hybridized carbons (Fsp3) is 0.231. The Kier molecular flexibility index (Phi) is 3.62. The van der Waals surface area contributed by atoms with Crippen molar-refractivity contribution in [3.8, 4) is 11.6 Å². The standard InChI is InChI=1S/C13H15N3O2/c1-9-5-6-12(17)11(16-9)8-15-10-4-3-7-14-13(10)18-2/h3-7,15,17H,8H2,1-2H3. The van der Waals surface area contributed by atoms with E-state index in [1.807, 2.05) is 19.1 Å². The minimum Gasteiger partial charge on any atom is -0.506 e. The third-order valence-corrected chi connectivity index (χ3v) is 2.50. The van der Waals surface area contributed by atoms with E-state index in [9.17, 15) is 5.11 Å². The first kappa shape index (κ1) is 12.2. The van der Waals surface area contributed by atoms with Crippen LogP contribution in [0.3, 0.4) is 0 Å². The quantitative estimate of drug-likeness (QED) is 0.863. The molecule has 2 aromatic heterocycles. The molecule has 5 nitrogen and oxygen atoms in total. The van der Waals surface area contributed by atoms with E-state index in [0.29, 0.717) is 18.1 Å². The number of methoxy groups -OCH3 is 1. The Hall–Kier alpha value is -2.30. The summed E-state index contributed by atoms with van der Waals surface area (Å²) in [4.78, 5) is 8.35. The van der Waals surface area contributed by atoms with Crippen LogP contribution in [-0.4, -0.2) is 22.2 Å². The van der Waals surface area contributed by atoms with Gasteiger partial charge in [-0.15, -0.1) is 0 Å². The maximum atomic E-state index is 9.69. The fourth-order valence-corrected chi connectivity index (χ4v) is 1.60. The van der Waals surface area contributed by atoms with E-state index in [-0.39, 0.29) is 5.75 Å². The molecule has 0 aliphatic rings. The molecule has 0 atom stereocenters. The number of rotatable bonds is 4. The lowest BCUT2D eigenvalue weighted by molar-refractivity contribution is 0.399. The lowest BCUT2D eigenvalue weighted by atomic mass is 10.2. The van der Waals surface area contributed by atoms with E-state index >= 15 is 0 Å². The highest BCUT2D eigenvalue weighted by atomic mass is 16.5. The summed E-state index contributed by atoms with van der Waals surface area (Å²) in [5, 5.41) is 12.8. The van der Waals surface area contributed by atoms with E-state index in [0.717, 1.165) is 11.4 Å². The van der Waals surface area contributed by atoms with Gasteiger partial charge < -0.3 is 15.2 Å².